The van der Waals surface area contributed by atoms with Crippen LogP contribution in [0.2, 0.25) is 0 Å². The maximum atomic E-state index is 6.41. The fraction of sp³-hybridized carbons (Fsp3) is 0.250. The second-order valence-corrected chi connectivity index (χ2v) is 5.82. The van der Waals surface area contributed by atoms with Crippen molar-refractivity contribution in [3.05, 3.63) is 63.1 Å². The minimum Gasteiger partial charge on any atom is -0.493 e. The number of ether oxygens (including phenoxy) is 1. The van der Waals surface area contributed by atoms with E-state index in [-0.39, 0.29) is 6.04 Å². The Morgan fingerprint density at radius 2 is 2.05 bits per heavy atom. The Kier molecular flexibility index (Phi) is 3.33. The van der Waals surface area contributed by atoms with E-state index in [9.17, 15) is 0 Å². The molecule has 2 N–H and O–H groups in total. The molecule has 0 saturated heterocycles. The first-order chi connectivity index (χ1) is 9.15. The fourth-order valence-electron chi connectivity index (χ4n) is 2.48. The Bertz CT molecular complexity index is 624. The van der Waals surface area contributed by atoms with Gasteiger partial charge in [0, 0.05) is 10.9 Å². The SMILES string of the molecule is Cc1ccc(Br)c(C(N)c2ccc3c(c2)CCO3)c1. The van der Waals surface area contributed by atoms with Crippen LogP contribution >= 0.6 is 15.9 Å². The number of hydrogen-bond acceptors (Lipinski definition) is 2. The third-order valence-electron chi connectivity index (χ3n) is 3.56. The molecule has 98 valence electrons. The van der Waals surface area contributed by atoms with Crippen molar-refractivity contribution in [1.29, 1.82) is 0 Å². The molecule has 1 unspecified atom stereocenters. The van der Waals surface area contributed by atoms with Gasteiger partial charge >= 0.3 is 0 Å². The molecule has 3 heteroatoms. The quantitative estimate of drug-likeness (QED) is 0.915. The van der Waals surface area contributed by atoms with Crippen molar-refractivity contribution in [3.63, 3.8) is 0 Å². The molecule has 1 heterocycles. The summed E-state index contributed by atoms with van der Waals surface area (Å²) in [6.07, 6.45) is 0.977. The molecule has 0 fully saturated rings. The highest BCUT2D eigenvalue weighted by Crippen LogP contribution is 2.32. The van der Waals surface area contributed by atoms with Gasteiger partial charge in [-0.25, -0.2) is 0 Å². The van der Waals surface area contributed by atoms with Crippen molar-refractivity contribution < 1.29 is 4.74 Å². The van der Waals surface area contributed by atoms with Gasteiger partial charge in [-0.05, 0) is 35.7 Å². The topological polar surface area (TPSA) is 35.2 Å². The van der Waals surface area contributed by atoms with Gasteiger partial charge in [0.05, 0.1) is 12.6 Å². The van der Waals surface area contributed by atoms with Crippen LogP contribution in [0.3, 0.4) is 0 Å². The van der Waals surface area contributed by atoms with Gasteiger partial charge in [0.15, 0.2) is 0 Å². The maximum absolute atomic E-state index is 6.41. The highest BCUT2D eigenvalue weighted by molar-refractivity contribution is 9.10. The zero-order chi connectivity index (χ0) is 13.4. The smallest absolute Gasteiger partial charge is 0.122 e. The molecule has 2 aromatic rings. The van der Waals surface area contributed by atoms with Gasteiger partial charge in [-0.15, -0.1) is 0 Å². The Hall–Kier alpha value is -1.32. The summed E-state index contributed by atoms with van der Waals surface area (Å²) in [5, 5.41) is 0. The number of rotatable bonds is 2. The molecule has 19 heavy (non-hydrogen) atoms. The minimum atomic E-state index is -0.111. The van der Waals surface area contributed by atoms with Crippen molar-refractivity contribution in [3.8, 4) is 5.75 Å². The van der Waals surface area contributed by atoms with Crippen molar-refractivity contribution in [2.45, 2.75) is 19.4 Å². The Morgan fingerprint density at radius 3 is 2.89 bits per heavy atom. The minimum absolute atomic E-state index is 0.111. The molecule has 0 saturated carbocycles. The summed E-state index contributed by atoms with van der Waals surface area (Å²) in [7, 11) is 0. The van der Waals surface area contributed by atoms with Gasteiger partial charge in [-0.3, -0.25) is 0 Å². The third-order valence-corrected chi connectivity index (χ3v) is 4.28. The van der Waals surface area contributed by atoms with Crippen LogP contribution in [0.5, 0.6) is 5.75 Å². The van der Waals surface area contributed by atoms with Crippen LogP contribution in [0.1, 0.15) is 28.3 Å². The summed E-state index contributed by atoms with van der Waals surface area (Å²) < 4.78 is 6.59. The van der Waals surface area contributed by atoms with Crippen LogP contribution in [-0.4, -0.2) is 6.61 Å². The summed E-state index contributed by atoms with van der Waals surface area (Å²) in [5.41, 5.74) is 11.1. The number of fused-ring (bicyclic) bond motifs is 1. The molecule has 0 spiro atoms. The number of hydrogen-bond donors (Lipinski definition) is 1. The number of benzene rings is 2. The number of aryl methyl sites for hydroxylation is 1. The fourth-order valence-corrected chi connectivity index (χ4v) is 2.97. The number of nitrogens with two attached hydrogens (primary N) is 1. The molecule has 2 nitrogen and oxygen atoms in total. The lowest BCUT2D eigenvalue weighted by Gasteiger charge is -2.16. The Morgan fingerprint density at radius 1 is 1.21 bits per heavy atom. The first-order valence-corrected chi connectivity index (χ1v) is 7.22. The molecule has 0 aliphatic carbocycles. The summed E-state index contributed by atoms with van der Waals surface area (Å²) in [4.78, 5) is 0. The maximum Gasteiger partial charge on any atom is 0.122 e. The molecule has 0 amide bonds. The standard InChI is InChI=1S/C16H16BrNO/c1-10-2-4-14(17)13(8-10)16(18)12-3-5-15-11(9-12)6-7-19-15/h2-5,8-9,16H,6-7,18H2,1H3. The monoisotopic (exact) mass is 317 g/mol. The van der Waals surface area contributed by atoms with E-state index >= 15 is 0 Å². The van der Waals surface area contributed by atoms with Crippen molar-refractivity contribution in [2.24, 2.45) is 5.73 Å². The molecular formula is C16H16BrNO. The predicted octanol–water partition coefficient (Wildman–Crippen LogP) is 3.74. The van der Waals surface area contributed by atoms with Crippen LogP contribution < -0.4 is 10.5 Å². The van der Waals surface area contributed by atoms with Crippen LogP contribution in [0.25, 0.3) is 0 Å². The molecule has 1 aliphatic rings. The molecule has 0 bridgehead atoms. The van der Waals surface area contributed by atoms with Crippen LogP contribution in [0.4, 0.5) is 0 Å². The Balaban J connectivity index is 1.99. The van der Waals surface area contributed by atoms with E-state index in [4.69, 9.17) is 10.5 Å². The Labute approximate surface area is 121 Å². The molecule has 1 aliphatic heterocycles. The van der Waals surface area contributed by atoms with Gasteiger partial charge in [0.25, 0.3) is 0 Å². The van der Waals surface area contributed by atoms with E-state index in [0.717, 1.165) is 34.4 Å². The lowest BCUT2D eigenvalue weighted by Crippen LogP contribution is -2.13. The van der Waals surface area contributed by atoms with E-state index in [0.29, 0.717) is 0 Å². The normalized spacial score (nSPS) is 14.9. The summed E-state index contributed by atoms with van der Waals surface area (Å²) in [5.74, 6) is 0.999. The van der Waals surface area contributed by atoms with Crippen molar-refractivity contribution in [2.75, 3.05) is 6.61 Å². The van der Waals surface area contributed by atoms with Crippen LogP contribution in [0, 0.1) is 6.92 Å². The van der Waals surface area contributed by atoms with Crippen LogP contribution in [-0.2, 0) is 6.42 Å². The van der Waals surface area contributed by atoms with Gasteiger partial charge in [-0.1, -0.05) is 45.8 Å². The largest absolute Gasteiger partial charge is 0.493 e. The molecule has 3 rings (SSSR count). The average Bonchev–Trinajstić information content (AvgIpc) is 2.88. The van der Waals surface area contributed by atoms with E-state index < -0.39 is 0 Å². The second kappa shape index (κ2) is 4.99. The van der Waals surface area contributed by atoms with Gasteiger partial charge < -0.3 is 10.5 Å². The zero-order valence-electron chi connectivity index (χ0n) is 10.8. The molecular weight excluding hydrogens is 302 g/mol. The third kappa shape index (κ3) is 2.40. The van der Waals surface area contributed by atoms with E-state index in [1.165, 1.54) is 11.1 Å². The van der Waals surface area contributed by atoms with Gasteiger partial charge in [0.1, 0.15) is 5.75 Å². The highest BCUT2D eigenvalue weighted by atomic mass is 79.9. The molecule has 2 aromatic carbocycles. The van der Waals surface area contributed by atoms with E-state index in [2.05, 4.69) is 53.2 Å². The first kappa shape index (κ1) is 12.7. The number of halogens is 1. The summed E-state index contributed by atoms with van der Waals surface area (Å²) in [6.45, 7) is 2.86. The molecule has 1 atom stereocenters. The van der Waals surface area contributed by atoms with Crippen molar-refractivity contribution >= 4 is 15.9 Å². The lowest BCUT2D eigenvalue weighted by atomic mass is 9.96. The van der Waals surface area contributed by atoms with E-state index in [1.54, 1.807) is 0 Å². The highest BCUT2D eigenvalue weighted by Gasteiger charge is 2.17. The molecule has 0 aromatic heterocycles. The molecule has 0 radical (unpaired) electrons. The summed E-state index contributed by atoms with van der Waals surface area (Å²) in [6, 6.07) is 12.4. The van der Waals surface area contributed by atoms with Crippen LogP contribution in [0.15, 0.2) is 40.9 Å². The van der Waals surface area contributed by atoms with Gasteiger partial charge in [-0.2, -0.15) is 0 Å². The van der Waals surface area contributed by atoms with E-state index in [1.807, 2.05) is 6.07 Å². The first-order valence-electron chi connectivity index (χ1n) is 6.42. The lowest BCUT2D eigenvalue weighted by molar-refractivity contribution is 0.357. The predicted molar refractivity (Wildman–Crippen MR) is 80.6 cm³/mol. The van der Waals surface area contributed by atoms with Crippen molar-refractivity contribution in [1.82, 2.24) is 0 Å². The zero-order valence-corrected chi connectivity index (χ0v) is 12.4. The second-order valence-electron chi connectivity index (χ2n) is 4.97. The average molecular weight is 318 g/mol. The van der Waals surface area contributed by atoms with Gasteiger partial charge in [0.2, 0.25) is 0 Å². The summed E-state index contributed by atoms with van der Waals surface area (Å²) >= 11 is 3.59.